The molecule has 17 heavy (non-hydrogen) atoms. The van der Waals surface area contributed by atoms with Gasteiger partial charge in [-0.05, 0) is 57.5 Å². The summed E-state index contributed by atoms with van der Waals surface area (Å²) < 4.78 is 0. The van der Waals surface area contributed by atoms with Gasteiger partial charge in [-0.2, -0.15) is 0 Å². The van der Waals surface area contributed by atoms with Crippen LogP contribution in [0, 0.1) is 5.92 Å². The van der Waals surface area contributed by atoms with Crippen molar-refractivity contribution >= 4 is 5.91 Å². The summed E-state index contributed by atoms with van der Waals surface area (Å²) in [5.74, 6) is 0.707. The number of nitrogens with one attached hydrogen (secondary N) is 2. The van der Waals surface area contributed by atoms with Gasteiger partial charge in [0.25, 0.3) is 0 Å². The zero-order valence-electron chi connectivity index (χ0n) is 10.5. The molecule has 1 aliphatic heterocycles. The lowest BCUT2D eigenvalue weighted by molar-refractivity contribution is -0.123. The Hall–Kier alpha value is -0.610. The third-order valence-corrected chi connectivity index (χ3v) is 3.93. The zero-order chi connectivity index (χ0) is 12.1. The molecule has 3 N–H and O–H groups in total. The van der Waals surface area contributed by atoms with Crippen molar-refractivity contribution in [1.82, 2.24) is 10.6 Å². The fourth-order valence-corrected chi connectivity index (χ4v) is 2.87. The number of hydrogen-bond acceptors (Lipinski definition) is 3. The molecule has 0 aromatic carbocycles. The number of carbonyl (C=O) groups excluding carboxylic acids is 1. The Balaban J connectivity index is 1.66. The predicted octanol–water partition coefficient (Wildman–Crippen LogP) is 0.796. The number of amides is 1. The number of aliphatic hydroxyl groups excluding tert-OH is 1. The van der Waals surface area contributed by atoms with Gasteiger partial charge in [-0.15, -0.1) is 0 Å². The van der Waals surface area contributed by atoms with E-state index >= 15 is 0 Å². The van der Waals surface area contributed by atoms with Crippen LogP contribution in [0.5, 0.6) is 0 Å². The Morgan fingerprint density at radius 3 is 2.65 bits per heavy atom. The molecule has 2 rings (SSSR count). The topological polar surface area (TPSA) is 61.4 Å². The fourth-order valence-electron chi connectivity index (χ4n) is 2.87. The van der Waals surface area contributed by atoms with Gasteiger partial charge >= 0.3 is 0 Å². The second-order valence-corrected chi connectivity index (χ2v) is 5.49. The summed E-state index contributed by atoms with van der Waals surface area (Å²) in [4.78, 5) is 11.9. The highest BCUT2D eigenvalue weighted by atomic mass is 16.3. The number of hydrogen-bond donors (Lipinski definition) is 3. The van der Waals surface area contributed by atoms with Crippen molar-refractivity contribution in [2.24, 2.45) is 5.92 Å². The predicted molar refractivity (Wildman–Crippen MR) is 66.6 cm³/mol. The Kier molecular flexibility index (Phi) is 4.80. The standard InChI is InChI=1S/C13H24N2O2/c16-12-5-3-11(4-6-12)15-13(17)8-10-2-1-7-14-9-10/h10-12,14,16H,1-9H2,(H,15,17). The Morgan fingerprint density at radius 2 is 2.00 bits per heavy atom. The lowest BCUT2D eigenvalue weighted by Crippen LogP contribution is -2.40. The molecule has 0 radical (unpaired) electrons. The second kappa shape index (κ2) is 6.36. The van der Waals surface area contributed by atoms with Crippen LogP contribution in [0.15, 0.2) is 0 Å². The Morgan fingerprint density at radius 1 is 1.24 bits per heavy atom. The van der Waals surface area contributed by atoms with Crippen LogP contribution < -0.4 is 10.6 Å². The van der Waals surface area contributed by atoms with Crippen molar-refractivity contribution in [1.29, 1.82) is 0 Å². The van der Waals surface area contributed by atoms with E-state index in [-0.39, 0.29) is 12.0 Å². The van der Waals surface area contributed by atoms with Gasteiger partial charge in [0.15, 0.2) is 0 Å². The minimum absolute atomic E-state index is 0.148. The highest BCUT2D eigenvalue weighted by Crippen LogP contribution is 2.19. The van der Waals surface area contributed by atoms with Crippen LogP contribution in [-0.4, -0.2) is 36.2 Å². The third kappa shape index (κ3) is 4.28. The normalized spacial score (nSPS) is 34.3. The zero-order valence-corrected chi connectivity index (χ0v) is 10.5. The molecule has 1 heterocycles. The highest BCUT2D eigenvalue weighted by molar-refractivity contribution is 5.76. The number of piperidine rings is 1. The van der Waals surface area contributed by atoms with Crippen LogP contribution in [0.25, 0.3) is 0 Å². The van der Waals surface area contributed by atoms with E-state index in [1.807, 2.05) is 0 Å². The van der Waals surface area contributed by atoms with E-state index in [2.05, 4.69) is 10.6 Å². The van der Waals surface area contributed by atoms with Crippen molar-refractivity contribution < 1.29 is 9.90 Å². The molecule has 1 amide bonds. The second-order valence-electron chi connectivity index (χ2n) is 5.49. The molecule has 0 aromatic rings. The maximum Gasteiger partial charge on any atom is 0.220 e. The van der Waals surface area contributed by atoms with E-state index in [1.54, 1.807) is 0 Å². The molecule has 1 saturated carbocycles. The van der Waals surface area contributed by atoms with Gasteiger partial charge in [0.2, 0.25) is 5.91 Å². The van der Waals surface area contributed by atoms with Gasteiger partial charge in [-0.25, -0.2) is 0 Å². The van der Waals surface area contributed by atoms with Crippen LogP contribution in [-0.2, 0) is 4.79 Å². The van der Waals surface area contributed by atoms with Gasteiger partial charge in [0, 0.05) is 12.5 Å². The molecule has 1 aliphatic carbocycles. The van der Waals surface area contributed by atoms with Crippen molar-refractivity contribution in [3.05, 3.63) is 0 Å². The van der Waals surface area contributed by atoms with Gasteiger partial charge in [0.1, 0.15) is 0 Å². The Bertz CT molecular complexity index is 244. The van der Waals surface area contributed by atoms with E-state index in [4.69, 9.17) is 0 Å². The summed E-state index contributed by atoms with van der Waals surface area (Å²) in [6.45, 7) is 2.08. The van der Waals surface area contributed by atoms with Crippen LogP contribution >= 0.6 is 0 Å². The molecule has 4 nitrogen and oxygen atoms in total. The number of aliphatic hydroxyl groups is 1. The molecule has 0 aromatic heterocycles. The summed E-state index contributed by atoms with van der Waals surface area (Å²) >= 11 is 0. The van der Waals surface area contributed by atoms with Crippen molar-refractivity contribution in [2.75, 3.05) is 13.1 Å². The molecular weight excluding hydrogens is 216 g/mol. The summed E-state index contributed by atoms with van der Waals surface area (Å²) in [6.07, 6.45) is 6.38. The number of carbonyl (C=O) groups is 1. The quantitative estimate of drug-likeness (QED) is 0.683. The molecule has 0 bridgehead atoms. The minimum Gasteiger partial charge on any atom is -0.393 e. The van der Waals surface area contributed by atoms with Crippen LogP contribution in [0.4, 0.5) is 0 Å². The number of rotatable bonds is 3. The molecule has 98 valence electrons. The van der Waals surface area contributed by atoms with E-state index in [0.29, 0.717) is 18.4 Å². The van der Waals surface area contributed by atoms with Gasteiger partial charge < -0.3 is 15.7 Å². The van der Waals surface area contributed by atoms with Crippen LogP contribution in [0.2, 0.25) is 0 Å². The highest BCUT2D eigenvalue weighted by Gasteiger charge is 2.22. The van der Waals surface area contributed by atoms with Gasteiger partial charge in [-0.3, -0.25) is 4.79 Å². The van der Waals surface area contributed by atoms with E-state index in [9.17, 15) is 9.90 Å². The van der Waals surface area contributed by atoms with Crippen LogP contribution in [0.3, 0.4) is 0 Å². The summed E-state index contributed by atoms with van der Waals surface area (Å²) in [6, 6.07) is 0.294. The van der Waals surface area contributed by atoms with Crippen LogP contribution in [0.1, 0.15) is 44.9 Å². The monoisotopic (exact) mass is 240 g/mol. The average Bonchev–Trinajstić information content (AvgIpc) is 2.33. The lowest BCUT2D eigenvalue weighted by atomic mass is 9.92. The molecule has 2 aliphatic rings. The average molecular weight is 240 g/mol. The largest absolute Gasteiger partial charge is 0.393 e. The Labute approximate surface area is 103 Å². The van der Waals surface area contributed by atoms with Crippen molar-refractivity contribution in [3.63, 3.8) is 0 Å². The molecule has 1 atom stereocenters. The molecule has 1 unspecified atom stereocenters. The summed E-state index contributed by atoms with van der Waals surface area (Å²) in [7, 11) is 0. The molecular formula is C13H24N2O2. The molecule has 1 saturated heterocycles. The first kappa shape index (κ1) is 12.8. The molecule has 0 spiro atoms. The first-order valence-corrected chi connectivity index (χ1v) is 6.92. The van der Waals surface area contributed by atoms with E-state index < -0.39 is 0 Å². The minimum atomic E-state index is -0.148. The molecule has 2 fully saturated rings. The van der Waals surface area contributed by atoms with Crippen molar-refractivity contribution in [3.8, 4) is 0 Å². The van der Waals surface area contributed by atoms with E-state index in [1.165, 1.54) is 12.8 Å². The molecule has 4 heteroatoms. The van der Waals surface area contributed by atoms with E-state index in [0.717, 1.165) is 38.8 Å². The first-order valence-electron chi connectivity index (χ1n) is 6.92. The fraction of sp³-hybridized carbons (Fsp3) is 0.923. The smallest absolute Gasteiger partial charge is 0.220 e. The first-order chi connectivity index (χ1) is 8.24. The maximum absolute atomic E-state index is 11.9. The van der Waals surface area contributed by atoms with Gasteiger partial charge in [-0.1, -0.05) is 0 Å². The summed E-state index contributed by atoms with van der Waals surface area (Å²) in [5.41, 5.74) is 0. The summed E-state index contributed by atoms with van der Waals surface area (Å²) in [5, 5.41) is 15.8. The SMILES string of the molecule is O=C(CC1CCCNC1)NC1CCC(O)CC1. The lowest BCUT2D eigenvalue weighted by Gasteiger charge is -2.27. The van der Waals surface area contributed by atoms with Crippen molar-refractivity contribution in [2.45, 2.75) is 57.1 Å². The third-order valence-electron chi connectivity index (χ3n) is 3.93. The maximum atomic E-state index is 11.9. The van der Waals surface area contributed by atoms with Gasteiger partial charge in [0.05, 0.1) is 6.10 Å².